The van der Waals surface area contributed by atoms with Gasteiger partial charge in [0.2, 0.25) is 0 Å². The summed E-state index contributed by atoms with van der Waals surface area (Å²) in [6.45, 7) is 3.60. The van der Waals surface area contributed by atoms with Gasteiger partial charge >= 0.3 is 0 Å². The van der Waals surface area contributed by atoms with E-state index in [-0.39, 0.29) is 11.3 Å². The highest BCUT2D eigenvalue weighted by Gasteiger charge is 2.45. The zero-order chi connectivity index (χ0) is 22.5. The highest BCUT2D eigenvalue weighted by atomic mass is 79.9. The lowest BCUT2D eigenvalue weighted by molar-refractivity contribution is -0.140. The Labute approximate surface area is 191 Å². The minimum atomic E-state index is -0.674. The van der Waals surface area contributed by atoms with Gasteiger partial charge in [0.15, 0.2) is 0 Å². The van der Waals surface area contributed by atoms with Crippen molar-refractivity contribution in [3.05, 3.63) is 69.7 Å². The molecule has 1 amide bonds. The summed E-state index contributed by atoms with van der Waals surface area (Å²) in [4.78, 5) is 29.4. The van der Waals surface area contributed by atoms with Crippen molar-refractivity contribution in [2.75, 3.05) is 33.8 Å². The molecule has 1 atom stereocenters. The normalized spacial score (nSPS) is 18.1. The van der Waals surface area contributed by atoms with Crippen molar-refractivity contribution in [3.63, 3.8) is 0 Å². The molecule has 7 heteroatoms. The van der Waals surface area contributed by atoms with Gasteiger partial charge in [-0.05, 0) is 62.5 Å². The van der Waals surface area contributed by atoms with Crippen LogP contribution in [-0.2, 0) is 9.59 Å². The standard InChI is InChI=1S/C24H27BrN2O4/c1-4-14-31-19-10-8-16(9-11-19)22(28)20-21(17-6-5-7-18(25)15-17)27(13-12-26(2)3)24(30)23(20)29/h5-11,15,21,28H,4,12-14H2,1-3H3/t21-/m1/s1. The summed E-state index contributed by atoms with van der Waals surface area (Å²) < 4.78 is 6.43. The third-order valence-electron chi connectivity index (χ3n) is 5.09. The van der Waals surface area contributed by atoms with Crippen LogP contribution in [0.2, 0.25) is 0 Å². The molecule has 1 aliphatic heterocycles. The van der Waals surface area contributed by atoms with Crippen molar-refractivity contribution in [2.24, 2.45) is 0 Å². The molecule has 3 rings (SSSR count). The van der Waals surface area contributed by atoms with E-state index in [4.69, 9.17) is 4.74 Å². The van der Waals surface area contributed by atoms with E-state index < -0.39 is 17.7 Å². The van der Waals surface area contributed by atoms with E-state index in [1.807, 2.05) is 50.2 Å². The predicted octanol–water partition coefficient (Wildman–Crippen LogP) is 4.22. The zero-order valence-electron chi connectivity index (χ0n) is 18.0. The molecule has 2 aromatic carbocycles. The number of aliphatic hydroxyl groups excluding tert-OH is 1. The van der Waals surface area contributed by atoms with Gasteiger partial charge in [-0.3, -0.25) is 9.59 Å². The lowest BCUT2D eigenvalue weighted by Gasteiger charge is -2.26. The Bertz CT molecular complexity index is 985. The average Bonchev–Trinajstić information content (AvgIpc) is 3.01. The number of hydrogen-bond donors (Lipinski definition) is 1. The van der Waals surface area contributed by atoms with Crippen LogP contribution in [0.25, 0.3) is 5.76 Å². The summed E-state index contributed by atoms with van der Waals surface area (Å²) in [6.07, 6.45) is 0.894. The van der Waals surface area contributed by atoms with Crippen LogP contribution in [0.4, 0.5) is 0 Å². The van der Waals surface area contributed by atoms with Crippen molar-refractivity contribution < 1.29 is 19.4 Å². The molecule has 164 valence electrons. The van der Waals surface area contributed by atoms with Crippen LogP contribution in [-0.4, -0.2) is 60.4 Å². The fourth-order valence-corrected chi connectivity index (χ4v) is 3.94. The van der Waals surface area contributed by atoms with E-state index >= 15 is 0 Å². The maximum atomic E-state index is 13.0. The predicted molar refractivity (Wildman–Crippen MR) is 124 cm³/mol. The molecule has 0 radical (unpaired) electrons. The molecular formula is C24H27BrN2O4. The van der Waals surface area contributed by atoms with Gasteiger partial charge < -0.3 is 19.6 Å². The molecule has 1 N–H and O–H groups in total. The summed E-state index contributed by atoms with van der Waals surface area (Å²) in [5, 5.41) is 11.1. The SMILES string of the molecule is CCCOc1ccc(C(O)=C2C(=O)C(=O)N(CCN(C)C)[C@@H]2c2cccc(Br)c2)cc1. The number of hydrogen-bond acceptors (Lipinski definition) is 5. The lowest BCUT2D eigenvalue weighted by atomic mass is 9.95. The number of benzene rings is 2. The second-order valence-corrected chi connectivity index (χ2v) is 8.64. The fourth-order valence-electron chi connectivity index (χ4n) is 3.53. The number of halogens is 1. The van der Waals surface area contributed by atoms with Crippen molar-refractivity contribution in [2.45, 2.75) is 19.4 Å². The molecule has 2 aromatic rings. The van der Waals surface area contributed by atoms with E-state index in [1.54, 1.807) is 24.3 Å². The first-order valence-electron chi connectivity index (χ1n) is 10.2. The van der Waals surface area contributed by atoms with Gasteiger partial charge in [0.05, 0.1) is 18.2 Å². The summed E-state index contributed by atoms with van der Waals surface area (Å²) in [5.41, 5.74) is 1.33. The van der Waals surface area contributed by atoms with Gasteiger partial charge in [-0.15, -0.1) is 0 Å². The largest absolute Gasteiger partial charge is 0.507 e. The van der Waals surface area contributed by atoms with E-state index in [2.05, 4.69) is 15.9 Å². The highest BCUT2D eigenvalue weighted by Crippen LogP contribution is 2.40. The number of likely N-dealkylation sites (tertiary alicyclic amines) is 1. The van der Waals surface area contributed by atoms with Gasteiger partial charge in [0.1, 0.15) is 11.5 Å². The average molecular weight is 487 g/mol. The molecule has 1 aliphatic rings. The van der Waals surface area contributed by atoms with Crippen LogP contribution in [0.5, 0.6) is 5.75 Å². The highest BCUT2D eigenvalue weighted by molar-refractivity contribution is 9.10. The lowest BCUT2D eigenvalue weighted by Crippen LogP contribution is -2.35. The van der Waals surface area contributed by atoms with Crippen molar-refractivity contribution in [1.82, 2.24) is 9.80 Å². The van der Waals surface area contributed by atoms with Gasteiger partial charge in [-0.1, -0.05) is 35.0 Å². The number of aliphatic hydroxyl groups is 1. The number of carbonyl (C=O) groups excluding carboxylic acids is 2. The van der Waals surface area contributed by atoms with Gasteiger partial charge in [-0.2, -0.15) is 0 Å². The Kier molecular flexibility index (Phi) is 7.51. The van der Waals surface area contributed by atoms with Crippen LogP contribution in [0, 0.1) is 0 Å². The van der Waals surface area contributed by atoms with Crippen LogP contribution in [0.1, 0.15) is 30.5 Å². The first-order chi connectivity index (χ1) is 14.8. The minimum absolute atomic E-state index is 0.101. The van der Waals surface area contributed by atoms with E-state index in [0.29, 0.717) is 31.0 Å². The first-order valence-corrected chi connectivity index (χ1v) is 11.0. The van der Waals surface area contributed by atoms with Crippen molar-refractivity contribution >= 4 is 33.4 Å². The van der Waals surface area contributed by atoms with Crippen molar-refractivity contribution in [1.29, 1.82) is 0 Å². The maximum Gasteiger partial charge on any atom is 0.295 e. The Morgan fingerprint density at radius 2 is 1.87 bits per heavy atom. The summed E-state index contributed by atoms with van der Waals surface area (Å²) in [5.74, 6) is -0.769. The quantitative estimate of drug-likeness (QED) is 0.343. The smallest absolute Gasteiger partial charge is 0.295 e. The second-order valence-electron chi connectivity index (χ2n) is 7.72. The van der Waals surface area contributed by atoms with Crippen LogP contribution >= 0.6 is 15.9 Å². The van der Waals surface area contributed by atoms with E-state index in [0.717, 1.165) is 16.5 Å². The Morgan fingerprint density at radius 3 is 2.48 bits per heavy atom. The summed E-state index contributed by atoms with van der Waals surface area (Å²) in [6, 6.07) is 13.7. The number of ketones is 1. The van der Waals surface area contributed by atoms with Gasteiger partial charge in [-0.25, -0.2) is 0 Å². The van der Waals surface area contributed by atoms with Crippen LogP contribution < -0.4 is 4.74 Å². The monoisotopic (exact) mass is 486 g/mol. The van der Waals surface area contributed by atoms with E-state index in [1.165, 1.54) is 4.90 Å². The number of amides is 1. The van der Waals surface area contributed by atoms with E-state index in [9.17, 15) is 14.7 Å². The molecular weight excluding hydrogens is 460 g/mol. The summed E-state index contributed by atoms with van der Waals surface area (Å²) in [7, 11) is 3.82. The minimum Gasteiger partial charge on any atom is -0.507 e. The summed E-state index contributed by atoms with van der Waals surface area (Å²) >= 11 is 3.46. The number of ether oxygens (including phenoxy) is 1. The number of nitrogens with zero attached hydrogens (tertiary/aromatic N) is 2. The Balaban J connectivity index is 2.06. The molecule has 0 bridgehead atoms. The molecule has 0 aromatic heterocycles. The third kappa shape index (κ3) is 5.17. The fraction of sp³-hybridized carbons (Fsp3) is 0.333. The molecule has 1 saturated heterocycles. The second kappa shape index (κ2) is 10.1. The van der Waals surface area contributed by atoms with Crippen molar-refractivity contribution in [3.8, 4) is 5.75 Å². The molecule has 0 unspecified atom stereocenters. The van der Waals surface area contributed by atoms with Crippen LogP contribution in [0.3, 0.4) is 0 Å². The van der Waals surface area contributed by atoms with Gasteiger partial charge in [0, 0.05) is 23.1 Å². The van der Waals surface area contributed by atoms with Crippen LogP contribution in [0.15, 0.2) is 58.6 Å². The zero-order valence-corrected chi connectivity index (χ0v) is 19.6. The number of Topliss-reactive ketones (excluding diaryl/α,β-unsaturated/α-hetero) is 1. The number of carbonyl (C=O) groups is 2. The molecule has 1 heterocycles. The third-order valence-corrected chi connectivity index (χ3v) is 5.59. The first kappa shape index (κ1) is 23.0. The topological polar surface area (TPSA) is 70.1 Å². The molecule has 0 aliphatic carbocycles. The maximum absolute atomic E-state index is 13.0. The molecule has 0 saturated carbocycles. The molecule has 0 spiro atoms. The molecule has 31 heavy (non-hydrogen) atoms. The Hall–Kier alpha value is -2.64. The number of likely N-dealkylation sites (N-methyl/N-ethyl adjacent to an activating group) is 1. The molecule has 1 fully saturated rings. The van der Waals surface area contributed by atoms with Gasteiger partial charge in [0.25, 0.3) is 11.7 Å². The number of rotatable bonds is 8. The Morgan fingerprint density at radius 1 is 1.16 bits per heavy atom. The molecule has 6 nitrogen and oxygen atoms in total.